The monoisotopic (exact) mass is 350 g/mol. The van der Waals surface area contributed by atoms with Gasteiger partial charge in [0.25, 0.3) is 0 Å². The van der Waals surface area contributed by atoms with Crippen LogP contribution in [0.3, 0.4) is 0 Å². The van der Waals surface area contributed by atoms with E-state index in [4.69, 9.17) is 28.0 Å². The molecule has 2 aromatic carbocycles. The number of hydrogen-bond donors (Lipinski definition) is 0. The Bertz CT molecular complexity index is 781. The summed E-state index contributed by atoms with van der Waals surface area (Å²) in [6.45, 7) is 1.59. The highest BCUT2D eigenvalue weighted by molar-refractivity contribution is 6.31. The topological polar surface area (TPSA) is 49.9 Å². The zero-order chi connectivity index (χ0) is 16.6. The van der Waals surface area contributed by atoms with Crippen molar-refractivity contribution >= 4 is 46.6 Å². The number of hydroxylamine groups is 1. The van der Waals surface area contributed by atoms with Crippen molar-refractivity contribution in [2.75, 3.05) is 9.96 Å². The molecule has 5 nitrogen and oxygen atoms in total. The first-order valence-corrected chi connectivity index (χ1v) is 7.59. The van der Waals surface area contributed by atoms with Gasteiger partial charge >= 0.3 is 12.0 Å². The van der Waals surface area contributed by atoms with E-state index in [-0.39, 0.29) is 0 Å². The Morgan fingerprint density at radius 1 is 0.957 bits per heavy atom. The minimum absolute atomic E-state index is 0.370. The molecular formula is C16H12Cl2N2O3. The lowest BCUT2D eigenvalue weighted by molar-refractivity contribution is -0.146. The molecular weight excluding hydrogens is 339 g/mol. The molecule has 0 aliphatic carbocycles. The highest BCUT2D eigenvalue weighted by atomic mass is 35.5. The molecule has 3 rings (SSSR count). The molecule has 1 atom stereocenters. The highest BCUT2D eigenvalue weighted by Crippen LogP contribution is 2.30. The van der Waals surface area contributed by atoms with E-state index in [1.807, 2.05) is 0 Å². The number of rotatable bonds is 2. The molecule has 1 saturated heterocycles. The molecule has 23 heavy (non-hydrogen) atoms. The van der Waals surface area contributed by atoms with Crippen LogP contribution in [0.4, 0.5) is 16.2 Å². The van der Waals surface area contributed by atoms with Gasteiger partial charge in [-0.1, -0.05) is 35.3 Å². The molecule has 1 unspecified atom stereocenters. The maximum Gasteiger partial charge on any atom is 0.363 e. The molecule has 0 aromatic heterocycles. The predicted molar refractivity (Wildman–Crippen MR) is 88.8 cm³/mol. The zero-order valence-corrected chi connectivity index (χ0v) is 13.6. The van der Waals surface area contributed by atoms with E-state index in [0.29, 0.717) is 21.4 Å². The fraction of sp³-hybridized carbons (Fsp3) is 0.125. The second-order valence-corrected chi connectivity index (χ2v) is 5.87. The first-order chi connectivity index (χ1) is 11.0. The molecule has 0 N–H and O–H groups in total. The Balaban J connectivity index is 2.02. The minimum atomic E-state index is -0.767. The summed E-state index contributed by atoms with van der Waals surface area (Å²) in [5.74, 6) is -0.551. The predicted octanol–water partition coefficient (Wildman–Crippen LogP) is 4.29. The standard InChI is InChI=1S/C16H12Cl2N2O3/c1-10-15(21)23-20(14-7-3-5-12(18)9-14)16(22)19(10)13-6-2-4-11(17)8-13/h2-10H,1H3. The number of halogens is 2. The van der Waals surface area contributed by atoms with E-state index in [1.54, 1.807) is 55.5 Å². The molecule has 118 valence electrons. The summed E-state index contributed by atoms with van der Waals surface area (Å²) in [7, 11) is 0. The summed E-state index contributed by atoms with van der Waals surface area (Å²) in [6.07, 6.45) is 0. The average molecular weight is 351 g/mol. The van der Waals surface area contributed by atoms with Gasteiger partial charge in [-0.05, 0) is 43.3 Å². The first-order valence-electron chi connectivity index (χ1n) is 6.83. The Kier molecular flexibility index (Phi) is 4.15. The number of carbonyl (C=O) groups is 2. The fourth-order valence-corrected chi connectivity index (χ4v) is 2.67. The Morgan fingerprint density at radius 2 is 1.52 bits per heavy atom. The summed E-state index contributed by atoms with van der Waals surface area (Å²) in [4.78, 5) is 31.4. The van der Waals surface area contributed by atoms with Gasteiger partial charge in [0.1, 0.15) is 6.04 Å². The third kappa shape index (κ3) is 2.98. The van der Waals surface area contributed by atoms with Gasteiger partial charge in [0.05, 0.1) is 5.69 Å². The molecule has 1 aliphatic heterocycles. The quantitative estimate of drug-likeness (QED) is 0.811. The number of benzene rings is 2. The van der Waals surface area contributed by atoms with Gasteiger partial charge in [-0.15, -0.1) is 5.06 Å². The molecule has 0 bridgehead atoms. The van der Waals surface area contributed by atoms with Crippen molar-refractivity contribution < 1.29 is 14.4 Å². The van der Waals surface area contributed by atoms with Crippen molar-refractivity contribution in [1.29, 1.82) is 0 Å². The third-order valence-corrected chi connectivity index (χ3v) is 3.89. The van der Waals surface area contributed by atoms with Crippen molar-refractivity contribution in [3.05, 3.63) is 58.6 Å². The lowest BCUT2D eigenvalue weighted by Crippen LogP contribution is -2.58. The van der Waals surface area contributed by atoms with Crippen LogP contribution in [0.25, 0.3) is 0 Å². The lowest BCUT2D eigenvalue weighted by atomic mass is 10.2. The van der Waals surface area contributed by atoms with Gasteiger partial charge in [0.15, 0.2) is 0 Å². The van der Waals surface area contributed by atoms with Crippen LogP contribution >= 0.6 is 23.2 Å². The molecule has 1 fully saturated rings. The van der Waals surface area contributed by atoms with Crippen molar-refractivity contribution in [1.82, 2.24) is 0 Å². The zero-order valence-electron chi connectivity index (χ0n) is 12.1. The normalized spacial score (nSPS) is 18.1. The molecule has 0 saturated carbocycles. The van der Waals surface area contributed by atoms with Crippen LogP contribution < -0.4 is 9.96 Å². The van der Waals surface area contributed by atoms with Gasteiger partial charge in [0.2, 0.25) is 0 Å². The maximum absolute atomic E-state index is 12.8. The maximum atomic E-state index is 12.8. The van der Waals surface area contributed by atoms with Gasteiger partial charge in [-0.2, -0.15) is 0 Å². The summed E-state index contributed by atoms with van der Waals surface area (Å²) in [6, 6.07) is 12.0. The highest BCUT2D eigenvalue weighted by Gasteiger charge is 2.40. The van der Waals surface area contributed by atoms with E-state index in [9.17, 15) is 9.59 Å². The van der Waals surface area contributed by atoms with E-state index in [0.717, 1.165) is 5.06 Å². The van der Waals surface area contributed by atoms with Crippen LogP contribution in [0.2, 0.25) is 10.0 Å². The van der Waals surface area contributed by atoms with Gasteiger partial charge in [-0.25, -0.2) is 9.59 Å². The van der Waals surface area contributed by atoms with Crippen LogP contribution in [-0.2, 0) is 9.63 Å². The van der Waals surface area contributed by atoms with Crippen LogP contribution in [0.1, 0.15) is 6.92 Å². The summed E-state index contributed by atoms with van der Waals surface area (Å²) >= 11 is 11.9. The van der Waals surface area contributed by atoms with Gasteiger partial charge < -0.3 is 4.84 Å². The summed E-state index contributed by atoms with van der Waals surface area (Å²) in [5.41, 5.74) is 0.883. The SMILES string of the molecule is CC1C(=O)ON(c2cccc(Cl)c2)C(=O)N1c1cccc(Cl)c1. The third-order valence-electron chi connectivity index (χ3n) is 3.42. The first kappa shape index (κ1) is 15.6. The minimum Gasteiger partial charge on any atom is -0.329 e. The number of carbonyl (C=O) groups excluding carboxylic acids is 2. The van der Waals surface area contributed by atoms with E-state index >= 15 is 0 Å². The second kappa shape index (κ2) is 6.10. The largest absolute Gasteiger partial charge is 0.363 e. The van der Waals surface area contributed by atoms with Crippen LogP contribution in [0, 0.1) is 0 Å². The van der Waals surface area contributed by atoms with Crippen LogP contribution in [0.5, 0.6) is 0 Å². The van der Waals surface area contributed by atoms with Crippen molar-refractivity contribution in [2.45, 2.75) is 13.0 Å². The van der Waals surface area contributed by atoms with E-state index in [2.05, 4.69) is 0 Å². The van der Waals surface area contributed by atoms with Crippen LogP contribution in [-0.4, -0.2) is 18.0 Å². The van der Waals surface area contributed by atoms with Gasteiger partial charge in [-0.3, -0.25) is 4.90 Å². The molecule has 0 spiro atoms. The van der Waals surface area contributed by atoms with Gasteiger partial charge in [0, 0.05) is 15.7 Å². The number of anilines is 2. The number of nitrogens with zero attached hydrogens (tertiary/aromatic N) is 2. The second-order valence-electron chi connectivity index (χ2n) is 4.99. The average Bonchev–Trinajstić information content (AvgIpc) is 2.51. The summed E-state index contributed by atoms with van der Waals surface area (Å²) in [5, 5.41) is 1.82. The lowest BCUT2D eigenvalue weighted by Gasteiger charge is -2.37. The molecule has 1 heterocycles. The van der Waals surface area contributed by atoms with E-state index in [1.165, 1.54) is 4.90 Å². The smallest absolute Gasteiger partial charge is 0.329 e. The molecule has 0 radical (unpaired) electrons. The van der Waals surface area contributed by atoms with Crippen molar-refractivity contribution in [3.63, 3.8) is 0 Å². The van der Waals surface area contributed by atoms with E-state index < -0.39 is 18.0 Å². The molecule has 1 aliphatic rings. The van der Waals surface area contributed by atoms with Crippen molar-refractivity contribution in [2.24, 2.45) is 0 Å². The number of amides is 2. The Hall–Kier alpha value is -2.24. The molecule has 2 aromatic rings. The number of urea groups is 1. The Labute approximate surface area is 142 Å². The number of hydrogen-bond acceptors (Lipinski definition) is 3. The van der Waals surface area contributed by atoms with Crippen molar-refractivity contribution in [3.8, 4) is 0 Å². The van der Waals surface area contributed by atoms with Crippen LogP contribution in [0.15, 0.2) is 48.5 Å². The molecule has 7 heteroatoms. The summed E-state index contributed by atoms with van der Waals surface area (Å²) < 4.78 is 0. The fourth-order valence-electron chi connectivity index (χ4n) is 2.30. The molecule has 2 amide bonds. The Morgan fingerprint density at radius 3 is 2.13 bits per heavy atom.